The molecule has 1 amide bonds. The molecule has 0 radical (unpaired) electrons. The molecule has 15 heavy (non-hydrogen) atoms. The van der Waals surface area contributed by atoms with Gasteiger partial charge in [-0.1, -0.05) is 0 Å². The molecule has 0 saturated carbocycles. The molecular formula is C9H16N4OS. The van der Waals surface area contributed by atoms with Crippen molar-refractivity contribution in [2.24, 2.45) is 0 Å². The van der Waals surface area contributed by atoms with Crippen molar-refractivity contribution >= 4 is 22.4 Å². The number of aromatic nitrogens is 1. The van der Waals surface area contributed by atoms with Crippen LogP contribution in [0.4, 0.5) is 5.13 Å². The monoisotopic (exact) mass is 228 g/mol. The Morgan fingerprint density at radius 3 is 2.60 bits per heavy atom. The highest BCUT2D eigenvalue weighted by atomic mass is 32.1. The number of likely N-dealkylation sites (N-methyl/N-ethyl adjacent to an activating group) is 2. The van der Waals surface area contributed by atoms with Crippen molar-refractivity contribution in [1.29, 1.82) is 0 Å². The predicted octanol–water partition coefficient (Wildman–Crippen LogP) is 0.359. The second kappa shape index (κ2) is 5.09. The van der Waals surface area contributed by atoms with Gasteiger partial charge in [0.05, 0.1) is 0 Å². The van der Waals surface area contributed by atoms with E-state index in [-0.39, 0.29) is 5.91 Å². The van der Waals surface area contributed by atoms with E-state index in [1.807, 2.05) is 19.0 Å². The van der Waals surface area contributed by atoms with Crippen LogP contribution >= 0.6 is 11.3 Å². The van der Waals surface area contributed by atoms with Gasteiger partial charge in [0.1, 0.15) is 5.69 Å². The molecule has 0 aromatic carbocycles. The Labute approximate surface area is 93.5 Å². The number of nitrogens with zero attached hydrogens (tertiary/aromatic N) is 3. The second-order valence-electron chi connectivity index (χ2n) is 3.60. The van der Waals surface area contributed by atoms with E-state index in [9.17, 15) is 4.79 Å². The number of nitrogen functional groups attached to an aromatic ring is 1. The number of anilines is 1. The van der Waals surface area contributed by atoms with Crippen molar-refractivity contribution < 1.29 is 4.79 Å². The van der Waals surface area contributed by atoms with E-state index < -0.39 is 0 Å². The Kier molecular flexibility index (Phi) is 4.05. The van der Waals surface area contributed by atoms with Crippen LogP contribution in [0.2, 0.25) is 0 Å². The van der Waals surface area contributed by atoms with Crippen molar-refractivity contribution in [3.05, 3.63) is 11.1 Å². The van der Waals surface area contributed by atoms with Crippen LogP contribution in [0.25, 0.3) is 0 Å². The molecule has 0 atom stereocenters. The average molecular weight is 228 g/mol. The zero-order valence-corrected chi connectivity index (χ0v) is 10.0. The molecular weight excluding hydrogens is 212 g/mol. The first-order valence-corrected chi connectivity index (χ1v) is 5.50. The van der Waals surface area contributed by atoms with Crippen LogP contribution in [0.5, 0.6) is 0 Å². The van der Waals surface area contributed by atoms with Crippen LogP contribution in [0.3, 0.4) is 0 Å². The Bertz CT molecular complexity index is 337. The molecule has 1 heterocycles. The standard InChI is InChI=1S/C9H16N4OS/c1-12(2)4-5-13(3)8(14)7-6-15-9(10)11-7/h6H,4-5H2,1-3H3,(H2,10,11). The molecule has 0 saturated heterocycles. The average Bonchev–Trinajstić information content (AvgIpc) is 2.60. The third-order valence-corrected chi connectivity index (χ3v) is 2.64. The topological polar surface area (TPSA) is 62.5 Å². The Morgan fingerprint density at radius 2 is 2.13 bits per heavy atom. The summed E-state index contributed by atoms with van der Waals surface area (Å²) in [5, 5.41) is 2.11. The lowest BCUT2D eigenvalue weighted by atomic mass is 10.4. The summed E-state index contributed by atoms with van der Waals surface area (Å²) >= 11 is 1.28. The minimum Gasteiger partial charge on any atom is -0.375 e. The van der Waals surface area contributed by atoms with E-state index in [2.05, 4.69) is 4.98 Å². The van der Waals surface area contributed by atoms with Gasteiger partial charge in [-0.25, -0.2) is 4.98 Å². The van der Waals surface area contributed by atoms with Crippen molar-refractivity contribution in [2.45, 2.75) is 0 Å². The van der Waals surface area contributed by atoms with Gasteiger partial charge >= 0.3 is 0 Å². The number of hydrogen-bond acceptors (Lipinski definition) is 5. The molecule has 0 aliphatic rings. The fraction of sp³-hybridized carbons (Fsp3) is 0.556. The highest BCUT2D eigenvalue weighted by Crippen LogP contribution is 2.12. The number of carbonyl (C=O) groups is 1. The lowest BCUT2D eigenvalue weighted by Crippen LogP contribution is -2.33. The number of carbonyl (C=O) groups excluding carboxylic acids is 1. The maximum Gasteiger partial charge on any atom is 0.273 e. The van der Waals surface area contributed by atoms with Gasteiger partial charge in [0.15, 0.2) is 5.13 Å². The molecule has 84 valence electrons. The van der Waals surface area contributed by atoms with Gasteiger partial charge in [-0.3, -0.25) is 4.79 Å². The predicted molar refractivity (Wildman–Crippen MR) is 62.0 cm³/mol. The van der Waals surface area contributed by atoms with Gasteiger partial charge < -0.3 is 15.5 Å². The van der Waals surface area contributed by atoms with Crippen LogP contribution in [-0.4, -0.2) is 54.9 Å². The fourth-order valence-electron chi connectivity index (χ4n) is 1.03. The van der Waals surface area contributed by atoms with Crippen LogP contribution in [0, 0.1) is 0 Å². The highest BCUT2D eigenvalue weighted by Gasteiger charge is 2.14. The lowest BCUT2D eigenvalue weighted by Gasteiger charge is -2.18. The molecule has 1 aromatic heterocycles. The number of nitrogens with two attached hydrogens (primary N) is 1. The van der Waals surface area contributed by atoms with Crippen molar-refractivity contribution in [3.8, 4) is 0 Å². The lowest BCUT2D eigenvalue weighted by molar-refractivity contribution is 0.0781. The molecule has 0 unspecified atom stereocenters. The van der Waals surface area contributed by atoms with E-state index in [0.717, 1.165) is 6.54 Å². The van der Waals surface area contributed by atoms with Gasteiger partial charge in [0, 0.05) is 25.5 Å². The van der Waals surface area contributed by atoms with Crippen LogP contribution in [-0.2, 0) is 0 Å². The molecule has 1 aromatic rings. The summed E-state index contributed by atoms with van der Waals surface area (Å²) in [5.74, 6) is -0.0789. The highest BCUT2D eigenvalue weighted by molar-refractivity contribution is 7.13. The molecule has 2 N–H and O–H groups in total. The first-order chi connectivity index (χ1) is 7.00. The molecule has 0 bridgehead atoms. The minimum absolute atomic E-state index is 0.0789. The van der Waals surface area contributed by atoms with Gasteiger partial charge in [-0.2, -0.15) is 0 Å². The zero-order chi connectivity index (χ0) is 11.4. The number of rotatable bonds is 4. The molecule has 0 spiro atoms. The molecule has 0 aliphatic carbocycles. The summed E-state index contributed by atoms with van der Waals surface area (Å²) in [6.07, 6.45) is 0. The summed E-state index contributed by atoms with van der Waals surface area (Å²) in [6.45, 7) is 1.52. The second-order valence-corrected chi connectivity index (χ2v) is 4.49. The maximum absolute atomic E-state index is 11.8. The zero-order valence-electron chi connectivity index (χ0n) is 9.23. The molecule has 5 nitrogen and oxygen atoms in total. The van der Waals surface area contributed by atoms with E-state index in [1.54, 1.807) is 17.3 Å². The van der Waals surface area contributed by atoms with Crippen LogP contribution in [0.15, 0.2) is 5.38 Å². The Hall–Kier alpha value is -1.14. The van der Waals surface area contributed by atoms with Gasteiger partial charge in [-0.15, -0.1) is 11.3 Å². The molecule has 6 heteroatoms. The number of thiazole rings is 1. The summed E-state index contributed by atoms with van der Waals surface area (Å²) in [4.78, 5) is 19.4. The summed E-state index contributed by atoms with van der Waals surface area (Å²) in [6, 6.07) is 0. The van der Waals surface area contributed by atoms with Gasteiger partial charge in [-0.05, 0) is 14.1 Å². The minimum atomic E-state index is -0.0789. The van der Waals surface area contributed by atoms with Gasteiger partial charge in [0.2, 0.25) is 0 Å². The van der Waals surface area contributed by atoms with E-state index in [0.29, 0.717) is 17.4 Å². The van der Waals surface area contributed by atoms with Crippen LogP contribution in [0.1, 0.15) is 10.5 Å². The normalized spacial score (nSPS) is 10.7. The Balaban J connectivity index is 2.53. The van der Waals surface area contributed by atoms with Crippen molar-refractivity contribution in [2.75, 3.05) is 40.0 Å². The van der Waals surface area contributed by atoms with E-state index in [4.69, 9.17) is 5.73 Å². The summed E-state index contributed by atoms with van der Waals surface area (Å²) < 4.78 is 0. The molecule has 0 fully saturated rings. The largest absolute Gasteiger partial charge is 0.375 e. The van der Waals surface area contributed by atoms with Gasteiger partial charge in [0.25, 0.3) is 5.91 Å². The number of hydrogen-bond donors (Lipinski definition) is 1. The third-order valence-electron chi connectivity index (χ3n) is 1.97. The summed E-state index contributed by atoms with van der Waals surface area (Å²) in [5.41, 5.74) is 5.90. The number of amides is 1. The first-order valence-electron chi connectivity index (χ1n) is 4.62. The van der Waals surface area contributed by atoms with E-state index in [1.165, 1.54) is 11.3 Å². The smallest absolute Gasteiger partial charge is 0.273 e. The maximum atomic E-state index is 11.8. The Morgan fingerprint density at radius 1 is 1.47 bits per heavy atom. The first kappa shape index (κ1) is 11.9. The van der Waals surface area contributed by atoms with E-state index >= 15 is 0 Å². The quantitative estimate of drug-likeness (QED) is 0.808. The summed E-state index contributed by atoms with van der Waals surface area (Å²) in [7, 11) is 5.71. The fourth-order valence-corrected chi connectivity index (χ4v) is 1.57. The third kappa shape index (κ3) is 3.49. The molecule has 0 aliphatic heterocycles. The molecule has 1 rings (SSSR count). The van der Waals surface area contributed by atoms with Crippen LogP contribution < -0.4 is 5.73 Å². The SMILES string of the molecule is CN(C)CCN(C)C(=O)c1csc(N)n1. The van der Waals surface area contributed by atoms with Crippen molar-refractivity contribution in [3.63, 3.8) is 0 Å². The van der Waals surface area contributed by atoms with Crippen molar-refractivity contribution in [1.82, 2.24) is 14.8 Å².